The van der Waals surface area contributed by atoms with Gasteiger partial charge in [0.15, 0.2) is 0 Å². The van der Waals surface area contributed by atoms with E-state index in [1.807, 2.05) is 6.92 Å². The molecule has 2 bridgehead atoms. The first-order valence-corrected chi connectivity index (χ1v) is 5.21. The molecule has 1 saturated heterocycles. The number of nitrogens with one attached hydrogen (secondary N) is 1. The first kappa shape index (κ1) is 9.00. The molecule has 3 nitrogen and oxygen atoms in total. The van der Waals surface area contributed by atoms with Gasteiger partial charge in [0, 0.05) is 12.6 Å². The zero-order valence-corrected chi connectivity index (χ0v) is 8.08. The van der Waals surface area contributed by atoms with E-state index in [0.717, 1.165) is 6.54 Å². The van der Waals surface area contributed by atoms with E-state index in [9.17, 15) is 4.79 Å². The van der Waals surface area contributed by atoms with E-state index in [1.54, 1.807) is 0 Å². The summed E-state index contributed by atoms with van der Waals surface area (Å²) in [4.78, 5) is 11.5. The summed E-state index contributed by atoms with van der Waals surface area (Å²) in [7, 11) is 0. The smallest absolute Gasteiger partial charge is 0.310 e. The predicted molar refractivity (Wildman–Crippen MR) is 49.3 cm³/mol. The highest BCUT2D eigenvalue weighted by molar-refractivity contribution is 5.73. The highest BCUT2D eigenvalue weighted by Gasteiger charge is 2.39. The number of hydrogen-bond donors (Lipinski definition) is 1. The van der Waals surface area contributed by atoms with Gasteiger partial charge in [-0.2, -0.15) is 0 Å². The number of ether oxygens (including phenoxy) is 1. The van der Waals surface area contributed by atoms with Crippen LogP contribution >= 0.6 is 0 Å². The number of rotatable bonds is 2. The molecule has 3 atom stereocenters. The molecule has 1 N–H and O–H groups in total. The van der Waals surface area contributed by atoms with Gasteiger partial charge in [-0.1, -0.05) is 0 Å². The minimum absolute atomic E-state index is 0.000324. The lowest BCUT2D eigenvalue weighted by Gasteiger charge is -2.27. The van der Waals surface area contributed by atoms with Crippen molar-refractivity contribution in [2.24, 2.45) is 11.8 Å². The van der Waals surface area contributed by atoms with Crippen LogP contribution in [0.5, 0.6) is 0 Å². The second-order valence-corrected chi connectivity index (χ2v) is 4.04. The molecular weight excluding hydrogens is 166 g/mol. The van der Waals surface area contributed by atoms with E-state index >= 15 is 0 Å². The van der Waals surface area contributed by atoms with Crippen LogP contribution in [0.2, 0.25) is 0 Å². The van der Waals surface area contributed by atoms with Crippen LogP contribution < -0.4 is 5.32 Å². The summed E-state index contributed by atoms with van der Waals surface area (Å²) in [6, 6.07) is 0.677. The maximum absolute atomic E-state index is 11.5. The van der Waals surface area contributed by atoms with Crippen molar-refractivity contribution >= 4 is 5.97 Å². The Morgan fingerprint density at radius 1 is 1.54 bits per heavy atom. The first-order valence-electron chi connectivity index (χ1n) is 5.21. The first-order chi connectivity index (χ1) is 6.31. The predicted octanol–water partition coefficient (Wildman–Crippen LogP) is 0.938. The molecule has 0 aromatic carbocycles. The summed E-state index contributed by atoms with van der Waals surface area (Å²) in [5, 5.41) is 3.40. The maximum atomic E-state index is 11.5. The summed E-state index contributed by atoms with van der Waals surface area (Å²) in [6.07, 6.45) is 3.60. The van der Waals surface area contributed by atoms with E-state index in [1.165, 1.54) is 19.3 Å². The van der Waals surface area contributed by atoms with Crippen molar-refractivity contribution in [3.63, 3.8) is 0 Å². The molecule has 0 aromatic rings. The van der Waals surface area contributed by atoms with E-state index in [2.05, 4.69) is 5.32 Å². The molecule has 0 radical (unpaired) electrons. The lowest BCUT2D eigenvalue weighted by molar-refractivity contribution is -0.150. The number of carbonyl (C=O) groups excluding carboxylic acids is 1. The summed E-state index contributed by atoms with van der Waals surface area (Å²) in [5.41, 5.74) is 0. The number of esters is 1. The zero-order chi connectivity index (χ0) is 9.26. The van der Waals surface area contributed by atoms with Crippen LogP contribution in [-0.2, 0) is 9.53 Å². The van der Waals surface area contributed by atoms with Gasteiger partial charge in [-0.25, -0.2) is 0 Å². The Morgan fingerprint density at radius 2 is 2.38 bits per heavy atom. The lowest BCUT2D eigenvalue weighted by Crippen LogP contribution is -2.42. The van der Waals surface area contributed by atoms with Crippen LogP contribution in [-0.4, -0.2) is 25.2 Å². The Balaban J connectivity index is 1.95. The van der Waals surface area contributed by atoms with E-state index < -0.39 is 0 Å². The fourth-order valence-electron chi connectivity index (χ4n) is 2.55. The molecule has 1 heterocycles. The van der Waals surface area contributed by atoms with Gasteiger partial charge in [0.25, 0.3) is 0 Å². The minimum Gasteiger partial charge on any atom is -0.466 e. The molecule has 74 valence electrons. The molecule has 1 aliphatic carbocycles. The molecule has 3 unspecified atom stereocenters. The van der Waals surface area contributed by atoms with Crippen LogP contribution in [0.15, 0.2) is 0 Å². The molecule has 0 aromatic heterocycles. The number of piperidine rings is 1. The normalized spacial score (nSPS) is 37.5. The Kier molecular flexibility index (Phi) is 2.54. The molecule has 2 rings (SSSR count). The molecule has 13 heavy (non-hydrogen) atoms. The highest BCUT2D eigenvalue weighted by atomic mass is 16.5. The van der Waals surface area contributed by atoms with Crippen molar-refractivity contribution in [3.05, 3.63) is 0 Å². The number of hydrogen-bond acceptors (Lipinski definition) is 3. The van der Waals surface area contributed by atoms with Gasteiger partial charge in [-0.05, 0) is 32.1 Å². The highest BCUT2D eigenvalue weighted by Crippen LogP contribution is 2.35. The molecule has 0 spiro atoms. The Morgan fingerprint density at radius 3 is 3.15 bits per heavy atom. The fraction of sp³-hybridized carbons (Fsp3) is 0.900. The largest absolute Gasteiger partial charge is 0.466 e. The van der Waals surface area contributed by atoms with Crippen LogP contribution in [0, 0.1) is 11.8 Å². The van der Waals surface area contributed by atoms with Gasteiger partial charge in [0.2, 0.25) is 0 Å². The van der Waals surface area contributed by atoms with Gasteiger partial charge < -0.3 is 10.1 Å². The van der Waals surface area contributed by atoms with Crippen LogP contribution in [0.25, 0.3) is 0 Å². The average Bonchev–Trinajstić information content (AvgIpc) is 2.48. The van der Waals surface area contributed by atoms with Crippen LogP contribution in [0.4, 0.5) is 0 Å². The van der Waals surface area contributed by atoms with Crippen LogP contribution in [0.3, 0.4) is 0 Å². The number of carbonyl (C=O) groups is 1. The molecule has 0 amide bonds. The maximum Gasteiger partial charge on any atom is 0.310 e. The zero-order valence-electron chi connectivity index (χ0n) is 8.08. The molecule has 2 aliphatic rings. The summed E-state index contributed by atoms with van der Waals surface area (Å²) >= 11 is 0. The van der Waals surface area contributed by atoms with Gasteiger partial charge >= 0.3 is 5.97 Å². The standard InChI is InChI=1S/C10H17NO2/c1-2-13-10(12)9-6-11-8-4-3-7(9)5-8/h7-9,11H,2-6H2,1H3. The van der Waals surface area contributed by atoms with E-state index in [4.69, 9.17) is 4.74 Å². The SMILES string of the molecule is CCOC(=O)C1CNC2CCC1C2. The van der Waals surface area contributed by atoms with Crippen LogP contribution in [0.1, 0.15) is 26.2 Å². The topological polar surface area (TPSA) is 38.3 Å². The third-order valence-corrected chi connectivity index (χ3v) is 3.26. The van der Waals surface area contributed by atoms with Crippen molar-refractivity contribution in [1.82, 2.24) is 5.32 Å². The van der Waals surface area contributed by atoms with Crippen molar-refractivity contribution in [1.29, 1.82) is 0 Å². The van der Waals surface area contributed by atoms with Gasteiger partial charge in [0.1, 0.15) is 0 Å². The second-order valence-electron chi connectivity index (χ2n) is 4.04. The Bertz CT molecular complexity index is 205. The quantitative estimate of drug-likeness (QED) is 0.647. The molecule has 3 heteroatoms. The fourth-order valence-corrected chi connectivity index (χ4v) is 2.55. The second kappa shape index (κ2) is 3.66. The third kappa shape index (κ3) is 1.70. The van der Waals surface area contributed by atoms with Crippen molar-refractivity contribution in [3.8, 4) is 0 Å². The Labute approximate surface area is 78.8 Å². The van der Waals surface area contributed by atoms with Crippen molar-refractivity contribution in [2.75, 3.05) is 13.2 Å². The van der Waals surface area contributed by atoms with Gasteiger partial charge in [-0.15, -0.1) is 0 Å². The van der Waals surface area contributed by atoms with E-state index in [0.29, 0.717) is 18.6 Å². The summed E-state index contributed by atoms with van der Waals surface area (Å²) < 4.78 is 5.05. The van der Waals surface area contributed by atoms with Crippen molar-refractivity contribution < 1.29 is 9.53 Å². The average molecular weight is 183 g/mol. The van der Waals surface area contributed by atoms with Gasteiger partial charge in [-0.3, -0.25) is 4.79 Å². The summed E-state index contributed by atoms with van der Waals surface area (Å²) in [5.74, 6) is 0.712. The lowest BCUT2D eigenvalue weighted by atomic mass is 9.88. The molecular formula is C10H17NO2. The van der Waals surface area contributed by atoms with Gasteiger partial charge in [0.05, 0.1) is 12.5 Å². The summed E-state index contributed by atoms with van der Waals surface area (Å²) in [6.45, 7) is 3.20. The monoisotopic (exact) mass is 183 g/mol. The number of fused-ring (bicyclic) bond motifs is 2. The Hall–Kier alpha value is -0.570. The minimum atomic E-state index is 0.000324. The third-order valence-electron chi connectivity index (χ3n) is 3.26. The van der Waals surface area contributed by atoms with E-state index in [-0.39, 0.29) is 11.9 Å². The van der Waals surface area contributed by atoms with Crippen molar-refractivity contribution in [2.45, 2.75) is 32.2 Å². The molecule has 2 fully saturated rings. The molecule has 1 aliphatic heterocycles. The molecule has 1 saturated carbocycles.